The molecule has 1 heterocycles. The number of nitrogens with two attached hydrogens (primary N) is 2. The Morgan fingerprint density at radius 2 is 1.76 bits per heavy atom. The van der Waals surface area contributed by atoms with Crippen molar-refractivity contribution in [2.24, 2.45) is 23.3 Å². The maximum Gasteiger partial charge on any atom is 0.237 e. The van der Waals surface area contributed by atoms with Crippen LogP contribution in [-0.2, 0) is 4.79 Å². The van der Waals surface area contributed by atoms with E-state index in [-0.39, 0.29) is 11.8 Å². The third-order valence-electron chi connectivity index (χ3n) is 5.80. The van der Waals surface area contributed by atoms with Gasteiger partial charge >= 0.3 is 0 Å². The smallest absolute Gasteiger partial charge is 0.237 e. The van der Waals surface area contributed by atoms with E-state index in [0.717, 1.165) is 51.2 Å². The standard InChI is InChI=1S/C16H30N4O/c17-15(21)16(18)6-1-2-14(16)5-7-19-8-10-20(11-9-19)12-13-3-4-13/h13-14H,1-12,18H2,(H2,17,21). The second-order valence-electron chi connectivity index (χ2n) is 7.37. The molecule has 0 spiro atoms. The Morgan fingerprint density at radius 1 is 1.10 bits per heavy atom. The summed E-state index contributed by atoms with van der Waals surface area (Å²) in [5.74, 6) is 0.960. The molecule has 2 saturated carbocycles. The molecule has 3 aliphatic rings. The van der Waals surface area contributed by atoms with Gasteiger partial charge in [0.1, 0.15) is 0 Å². The van der Waals surface area contributed by atoms with Gasteiger partial charge in [0, 0.05) is 32.7 Å². The number of hydrogen-bond acceptors (Lipinski definition) is 4. The van der Waals surface area contributed by atoms with E-state index < -0.39 is 5.54 Å². The van der Waals surface area contributed by atoms with Crippen molar-refractivity contribution in [3.05, 3.63) is 0 Å². The minimum atomic E-state index is -0.742. The van der Waals surface area contributed by atoms with Gasteiger partial charge in [0.15, 0.2) is 0 Å². The van der Waals surface area contributed by atoms with Crippen LogP contribution < -0.4 is 11.5 Å². The minimum Gasteiger partial charge on any atom is -0.368 e. The molecule has 5 nitrogen and oxygen atoms in total. The predicted molar refractivity (Wildman–Crippen MR) is 83.7 cm³/mol. The van der Waals surface area contributed by atoms with Gasteiger partial charge in [-0.25, -0.2) is 0 Å². The van der Waals surface area contributed by atoms with Crippen LogP contribution in [-0.4, -0.2) is 60.5 Å². The summed E-state index contributed by atoms with van der Waals surface area (Å²) in [4.78, 5) is 16.8. The number of amides is 1. The van der Waals surface area contributed by atoms with Gasteiger partial charge in [-0.15, -0.1) is 0 Å². The molecular formula is C16H30N4O. The van der Waals surface area contributed by atoms with Gasteiger partial charge in [-0.1, -0.05) is 6.42 Å². The molecule has 0 radical (unpaired) electrons. The molecule has 1 saturated heterocycles. The molecule has 2 unspecified atom stereocenters. The van der Waals surface area contributed by atoms with Gasteiger partial charge in [-0.2, -0.15) is 0 Å². The molecule has 0 aromatic rings. The Labute approximate surface area is 128 Å². The van der Waals surface area contributed by atoms with Crippen LogP contribution in [0.1, 0.15) is 38.5 Å². The second-order valence-corrected chi connectivity index (χ2v) is 7.37. The van der Waals surface area contributed by atoms with Crippen molar-refractivity contribution in [2.45, 2.75) is 44.1 Å². The number of carbonyl (C=O) groups is 1. The van der Waals surface area contributed by atoms with E-state index in [2.05, 4.69) is 9.80 Å². The van der Waals surface area contributed by atoms with E-state index in [0.29, 0.717) is 0 Å². The molecule has 2 aliphatic carbocycles. The summed E-state index contributed by atoms with van der Waals surface area (Å²) in [6.07, 6.45) is 6.76. The van der Waals surface area contributed by atoms with Crippen LogP contribution >= 0.6 is 0 Å². The monoisotopic (exact) mass is 294 g/mol. The molecule has 1 aliphatic heterocycles. The number of hydrogen-bond donors (Lipinski definition) is 2. The maximum atomic E-state index is 11.6. The highest BCUT2D eigenvalue weighted by Crippen LogP contribution is 2.36. The Kier molecular flexibility index (Phi) is 4.52. The van der Waals surface area contributed by atoms with Crippen molar-refractivity contribution < 1.29 is 4.79 Å². The van der Waals surface area contributed by atoms with E-state index in [1.54, 1.807) is 0 Å². The van der Waals surface area contributed by atoms with E-state index >= 15 is 0 Å². The van der Waals surface area contributed by atoms with Gasteiger partial charge in [0.05, 0.1) is 5.54 Å². The summed E-state index contributed by atoms with van der Waals surface area (Å²) >= 11 is 0. The Balaban J connectivity index is 1.40. The van der Waals surface area contributed by atoms with Crippen molar-refractivity contribution >= 4 is 5.91 Å². The van der Waals surface area contributed by atoms with Crippen LogP contribution in [0.25, 0.3) is 0 Å². The van der Waals surface area contributed by atoms with Gasteiger partial charge in [0.2, 0.25) is 5.91 Å². The quantitative estimate of drug-likeness (QED) is 0.743. The first-order valence-corrected chi connectivity index (χ1v) is 8.61. The van der Waals surface area contributed by atoms with E-state index in [9.17, 15) is 4.79 Å². The van der Waals surface area contributed by atoms with Crippen molar-refractivity contribution in [3.8, 4) is 0 Å². The molecular weight excluding hydrogens is 264 g/mol. The van der Waals surface area contributed by atoms with Gasteiger partial charge < -0.3 is 21.3 Å². The zero-order valence-corrected chi connectivity index (χ0v) is 13.1. The molecule has 0 aromatic carbocycles. The lowest BCUT2D eigenvalue weighted by Gasteiger charge is -2.36. The second kappa shape index (κ2) is 6.23. The summed E-state index contributed by atoms with van der Waals surface area (Å²) in [6, 6.07) is 0. The van der Waals surface area contributed by atoms with Crippen molar-refractivity contribution in [1.29, 1.82) is 0 Å². The Morgan fingerprint density at radius 3 is 2.38 bits per heavy atom. The van der Waals surface area contributed by atoms with Crippen LogP contribution in [0, 0.1) is 11.8 Å². The topological polar surface area (TPSA) is 75.6 Å². The normalized spacial score (nSPS) is 35.2. The molecule has 5 heteroatoms. The fourth-order valence-corrected chi connectivity index (χ4v) is 4.03. The zero-order valence-electron chi connectivity index (χ0n) is 13.1. The number of primary amides is 1. The van der Waals surface area contributed by atoms with Gasteiger partial charge in [-0.05, 0) is 50.5 Å². The maximum absolute atomic E-state index is 11.6. The highest BCUT2D eigenvalue weighted by atomic mass is 16.1. The summed E-state index contributed by atoms with van der Waals surface area (Å²) in [5.41, 5.74) is 11.0. The number of piperazine rings is 1. The highest BCUT2D eigenvalue weighted by Gasteiger charge is 2.44. The fraction of sp³-hybridized carbons (Fsp3) is 0.938. The SMILES string of the molecule is NC(=O)C1(N)CCCC1CCN1CCN(CC2CC2)CC1. The van der Waals surface area contributed by atoms with Crippen LogP contribution in [0.4, 0.5) is 0 Å². The lowest BCUT2D eigenvalue weighted by atomic mass is 9.85. The summed E-state index contributed by atoms with van der Waals surface area (Å²) in [5, 5.41) is 0. The first kappa shape index (κ1) is 15.3. The third kappa shape index (κ3) is 3.58. The molecule has 0 aromatic heterocycles. The van der Waals surface area contributed by atoms with Crippen LogP contribution in [0.15, 0.2) is 0 Å². The summed E-state index contributed by atoms with van der Waals surface area (Å²) in [6.45, 7) is 7.09. The number of nitrogens with zero attached hydrogens (tertiary/aromatic N) is 2. The van der Waals surface area contributed by atoms with E-state index in [4.69, 9.17) is 11.5 Å². The van der Waals surface area contributed by atoms with E-state index in [1.807, 2.05) is 0 Å². The first-order chi connectivity index (χ1) is 10.1. The predicted octanol–water partition coefficient (Wildman–Crippen LogP) is 0.387. The van der Waals surface area contributed by atoms with Crippen LogP contribution in [0.3, 0.4) is 0 Å². The molecule has 1 amide bonds. The average Bonchev–Trinajstić information content (AvgIpc) is 3.19. The van der Waals surface area contributed by atoms with Crippen molar-refractivity contribution in [1.82, 2.24) is 9.80 Å². The summed E-state index contributed by atoms with van der Waals surface area (Å²) < 4.78 is 0. The van der Waals surface area contributed by atoms with Crippen LogP contribution in [0.5, 0.6) is 0 Å². The number of carbonyl (C=O) groups excluding carboxylic acids is 1. The Hall–Kier alpha value is -0.650. The Bertz CT molecular complexity index is 376. The van der Waals surface area contributed by atoms with Crippen molar-refractivity contribution in [2.75, 3.05) is 39.3 Å². The third-order valence-corrected chi connectivity index (χ3v) is 5.80. The first-order valence-electron chi connectivity index (χ1n) is 8.61. The van der Waals surface area contributed by atoms with E-state index in [1.165, 1.54) is 32.5 Å². The van der Waals surface area contributed by atoms with Crippen LogP contribution in [0.2, 0.25) is 0 Å². The van der Waals surface area contributed by atoms with Gasteiger partial charge in [-0.3, -0.25) is 4.79 Å². The molecule has 0 bridgehead atoms. The molecule has 120 valence electrons. The van der Waals surface area contributed by atoms with Gasteiger partial charge in [0.25, 0.3) is 0 Å². The molecule has 21 heavy (non-hydrogen) atoms. The zero-order chi connectivity index (χ0) is 14.9. The average molecular weight is 294 g/mol. The molecule has 2 atom stereocenters. The fourth-order valence-electron chi connectivity index (χ4n) is 4.03. The summed E-state index contributed by atoms with van der Waals surface area (Å²) in [7, 11) is 0. The highest BCUT2D eigenvalue weighted by molar-refractivity contribution is 5.85. The largest absolute Gasteiger partial charge is 0.368 e. The lowest BCUT2D eigenvalue weighted by molar-refractivity contribution is -0.124. The lowest BCUT2D eigenvalue weighted by Crippen LogP contribution is -2.55. The van der Waals surface area contributed by atoms with Crippen molar-refractivity contribution in [3.63, 3.8) is 0 Å². The molecule has 3 rings (SSSR count). The number of rotatable bonds is 6. The minimum absolute atomic E-state index is 0.277. The molecule has 4 N–H and O–H groups in total. The molecule has 3 fully saturated rings.